The maximum Gasteiger partial charge on any atom is 0.138 e. The predicted molar refractivity (Wildman–Crippen MR) is 134 cm³/mol. The highest BCUT2D eigenvalue weighted by Crippen LogP contribution is 2.38. The minimum Gasteiger partial charge on any atom is -0.497 e. The molecule has 0 aliphatic carbocycles. The van der Waals surface area contributed by atoms with Gasteiger partial charge in [0.15, 0.2) is 0 Å². The number of methoxy groups -OCH3 is 1. The molecule has 0 N–H and O–H groups in total. The van der Waals surface area contributed by atoms with Crippen LogP contribution in [0.25, 0.3) is 22.1 Å². The van der Waals surface area contributed by atoms with Crippen LogP contribution in [-0.2, 0) is 6.42 Å². The smallest absolute Gasteiger partial charge is 0.138 e. The van der Waals surface area contributed by atoms with Gasteiger partial charge in [-0.2, -0.15) is 0 Å². The third-order valence-corrected chi connectivity index (χ3v) is 6.52. The molecule has 1 fully saturated rings. The first-order chi connectivity index (χ1) is 16.2. The van der Waals surface area contributed by atoms with E-state index in [1.54, 1.807) is 7.11 Å². The Kier molecular flexibility index (Phi) is 6.56. The first-order valence-electron chi connectivity index (χ1n) is 11.5. The summed E-state index contributed by atoms with van der Waals surface area (Å²) >= 11 is 6.08. The summed E-state index contributed by atoms with van der Waals surface area (Å²) in [5.41, 5.74) is 4.17. The summed E-state index contributed by atoms with van der Waals surface area (Å²) in [5.74, 6) is 2.59. The molecule has 1 saturated heterocycles. The third kappa shape index (κ3) is 5.02. The number of nitrogens with zero attached hydrogens (tertiary/aromatic N) is 1. The second-order valence-corrected chi connectivity index (χ2v) is 8.92. The summed E-state index contributed by atoms with van der Waals surface area (Å²) in [6, 6.07) is 22.2. The molecule has 33 heavy (non-hydrogen) atoms. The van der Waals surface area contributed by atoms with Gasteiger partial charge in [0.2, 0.25) is 0 Å². The Morgan fingerprint density at radius 3 is 2.36 bits per heavy atom. The number of halogens is 1. The maximum atomic E-state index is 6.33. The molecule has 0 amide bonds. The van der Waals surface area contributed by atoms with Crippen LogP contribution < -0.4 is 9.47 Å². The molecular weight excluding hydrogens is 434 g/mol. The van der Waals surface area contributed by atoms with E-state index in [0.29, 0.717) is 6.42 Å². The van der Waals surface area contributed by atoms with E-state index in [-0.39, 0.29) is 0 Å². The van der Waals surface area contributed by atoms with Gasteiger partial charge < -0.3 is 13.9 Å². The normalized spacial score (nSPS) is 14.1. The van der Waals surface area contributed by atoms with Crippen LogP contribution in [-0.4, -0.2) is 38.3 Å². The lowest BCUT2D eigenvalue weighted by Gasteiger charge is -2.15. The summed E-state index contributed by atoms with van der Waals surface area (Å²) in [7, 11) is 1.67. The summed E-state index contributed by atoms with van der Waals surface area (Å²) < 4.78 is 17.7. The van der Waals surface area contributed by atoms with Gasteiger partial charge in [-0.05, 0) is 73.5 Å². The van der Waals surface area contributed by atoms with Crippen molar-refractivity contribution >= 4 is 22.6 Å². The van der Waals surface area contributed by atoms with Crippen molar-refractivity contribution in [3.63, 3.8) is 0 Å². The Labute approximate surface area is 199 Å². The van der Waals surface area contributed by atoms with Crippen molar-refractivity contribution in [2.45, 2.75) is 19.3 Å². The van der Waals surface area contributed by atoms with Crippen LogP contribution in [0.1, 0.15) is 24.2 Å². The minimum absolute atomic E-state index is 0.678. The molecule has 4 nitrogen and oxygen atoms in total. The largest absolute Gasteiger partial charge is 0.497 e. The summed E-state index contributed by atoms with van der Waals surface area (Å²) in [6.07, 6.45) is 3.28. The van der Waals surface area contributed by atoms with E-state index in [1.807, 2.05) is 48.5 Å². The van der Waals surface area contributed by atoms with Crippen LogP contribution in [0.3, 0.4) is 0 Å². The quantitative estimate of drug-likeness (QED) is 0.288. The molecule has 0 saturated carbocycles. The van der Waals surface area contributed by atoms with Crippen molar-refractivity contribution < 1.29 is 13.9 Å². The van der Waals surface area contributed by atoms with Crippen molar-refractivity contribution in [2.75, 3.05) is 33.4 Å². The van der Waals surface area contributed by atoms with E-state index in [9.17, 15) is 0 Å². The van der Waals surface area contributed by atoms with Crippen LogP contribution in [0, 0.1) is 0 Å². The van der Waals surface area contributed by atoms with E-state index in [4.69, 9.17) is 25.5 Å². The molecule has 0 unspecified atom stereocenters. The average molecular weight is 462 g/mol. The van der Waals surface area contributed by atoms with Crippen LogP contribution in [0.15, 0.2) is 71.1 Å². The second-order valence-electron chi connectivity index (χ2n) is 8.49. The maximum absolute atomic E-state index is 6.33. The number of benzene rings is 3. The first kappa shape index (κ1) is 21.9. The van der Waals surface area contributed by atoms with Gasteiger partial charge in [0.05, 0.1) is 7.11 Å². The molecule has 1 aliphatic rings. The number of ether oxygens (including phenoxy) is 2. The van der Waals surface area contributed by atoms with Crippen molar-refractivity contribution in [3.8, 4) is 22.6 Å². The van der Waals surface area contributed by atoms with E-state index in [0.717, 1.165) is 63.1 Å². The average Bonchev–Trinajstić information content (AvgIpc) is 3.48. The lowest BCUT2D eigenvalue weighted by molar-refractivity contribution is 0.238. The number of hydrogen-bond donors (Lipinski definition) is 0. The SMILES string of the molecule is COc1ccc2c(-c3ccc(OCCN4CCCC4)cc3)c(Cc3ccc(Cl)cc3)oc2c1. The van der Waals surface area contributed by atoms with Crippen LogP contribution in [0.2, 0.25) is 5.02 Å². The Morgan fingerprint density at radius 1 is 0.909 bits per heavy atom. The molecule has 1 aliphatic heterocycles. The lowest BCUT2D eigenvalue weighted by atomic mass is 9.98. The fourth-order valence-corrected chi connectivity index (χ4v) is 4.63. The Balaban J connectivity index is 1.42. The monoisotopic (exact) mass is 461 g/mol. The summed E-state index contributed by atoms with van der Waals surface area (Å²) in [5, 5.41) is 1.80. The fourth-order valence-electron chi connectivity index (χ4n) is 4.50. The summed E-state index contributed by atoms with van der Waals surface area (Å²) in [6.45, 7) is 4.09. The van der Waals surface area contributed by atoms with Crippen LogP contribution in [0.5, 0.6) is 11.5 Å². The number of fused-ring (bicyclic) bond motifs is 1. The molecule has 170 valence electrons. The number of likely N-dealkylation sites (tertiary alicyclic amines) is 1. The van der Waals surface area contributed by atoms with Gasteiger partial charge in [0.25, 0.3) is 0 Å². The minimum atomic E-state index is 0.678. The van der Waals surface area contributed by atoms with Crippen molar-refractivity contribution in [1.29, 1.82) is 0 Å². The van der Waals surface area contributed by atoms with E-state index < -0.39 is 0 Å². The Bertz CT molecular complexity index is 1210. The van der Waals surface area contributed by atoms with Gasteiger partial charge in [0.1, 0.15) is 29.4 Å². The highest BCUT2D eigenvalue weighted by atomic mass is 35.5. The van der Waals surface area contributed by atoms with Gasteiger partial charge in [-0.25, -0.2) is 0 Å². The van der Waals surface area contributed by atoms with Crippen LogP contribution >= 0.6 is 11.6 Å². The van der Waals surface area contributed by atoms with Gasteiger partial charge in [-0.3, -0.25) is 4.90 Å². The molecule has 4 aromatic rings. The van der Waals surface area contributed by atoms with Gasteiger partial charge in [-0.15, -0.1) is 0 Å². The lowest BCUT2D eigenvalue weighted by Crippen LogP contribution is -2.25. The molecule has 0 atom stereocenters. The number of hydrogen-bond acceptors (Lipinski definition) is 4. The van der Waals surface area contributed by atoms with Crippen LogP contribution in [0.4, 0.5) is 0 Å². The first-order valence-corrected chi connectivity index (χ1v) is 11.9. The Hall–Kier alpha value is -2.95. The molecule has 0 bridgehead atoms. The zero-order valence-corrected chi connectivity index (χ0v) is 19.6. The molecule has 0 spiro atoms. The molecule has 2 heterocycles. The predicted octanol–water partition coefficient (Wildman–Crippen LogP) is 6.83. The Morgan fingerprint density at radius 2 is 1.64 bits per heavy atom. The topological polar surface area (TPSA) is 34.8 Å². The molecule has 0 radical (unpaired) electrons. The standard InChI is InChI=1S/C28H28ClNO3/c1-31-24-12-13-25-26(19-24)33-27(18-20-4-8-22(29)9-5-20)28(25)21-6-10-23(11-7-21)32-17-16-30-14-2-3-15-30/h4-13,19H,2-3,14-18H2,1H3. The fraction of sp³-hybridized carbons (Fsp3) is 0.286. The zero-order valence-electron chi connectivity index (χ0n) is 18.9. The summed E-state index contributed by atoms with van der Waals surface area (Å²) in [4.78, 5) is 2.46. The van der Waals surface area contributed by atoms with Crippen molar-refractivity contribution in [1.82, 2.24) is 4.90 Å². The van der Waals surface area contributed by atoms with Gasteiger partial charge in [0, 0.05) is 35.0 Å². The molecule has 5 rings (SSSR count). The van der Waals surface area contributed by atoms with Crippen molar-refractivity contribution in [2.24, 2.45) is 0 Å². The van der Waals surface area contributed by atoms with E-state index in [1.165, 1.54) is 25.9 Å². The van der Waals surface area contributed by atoms with Gasteiger partial charge >= 0.3 is 0 Å². The zero-order chi connectivity index (χ0) is 22.6. The number of furan rings is 1. The molecule has 3 aromatic carbocycles. The number of rotatable bonds is 8. The van der Waals surface area contributed by atoms with E-state index in [2.05, 4.69) is 23.1 Å². The second kappa shape index (κ2) is 9.90. The highest BCUT2D eigenvalue weighted by Gasteiger charge is 2.18. The van der Waals surface area contributed by atoms with E-state index >= 15 is 0 Å². The molecular formula is C28H28ClNO3. The van der Waals surface area contributed by atoms with Crippen molar-refractivity contribution in [3.05, 3.63) is 83.1 Å². The van der Waals surface area contributed by atoms with Gasteiger partial charge in [-0.1, -0.05) is 35.9 Å². The molecule has 5 heteroatoms. The third-order valence-electron chi connectivity index (χ3n) is 6.27. The molecule has 1 aromatic heterocycles. The highest BCUT2D eigenvalue weighted by molar-refractivity contribution is 6.30.